The Kier molecular flexibility index (Phi) is 4.62. The van der Waals surface area contributed by atoms with Gasteiger partial charge in [-0.05, 0) is 32.0 Å². The minimum Gasteiger partial charge on any atom is -0.488 e. The molecule has 2 heterocycles. The molecule has 1 N–H and O–H groups in total. The fourth-order valence-corrected chi connectivity index (χ4v) is 2.85. The van der Waals surface area contributed by atoms with E-state index in [-0.39, 0.29) is 11.5 Å². The Morgan fingerprint density at radius 3 is 3.04 bits per heavy atom. The summed E-state index contributed by atoms with van der Waals surface area (Å²) in [5.41, 5.74) is 1.41. The third kappa shape index (κ3) is 3.79. The molecule has 0 aliphatic carbocycles. The van der Waals surface area contributed by atoms with E-state index < -0.39 is 0 Å². The Morgan fingerprint density at radius 1 is 1.42 bits per heavy atom. The second kappa shape index (κ2) is 6.69. The van der Waals surface area contributed by atoms with Crippen LogP contribution in [0.2, 0.25) is 5.15 Å². The van der Waals surface area contributed by atoms with Gasteiger partial charge >= 0.3 is 0 Å². The largest absolute Gasteiger partial charge is 0.488 e. The summed E-state index contributed by atoms with van der Waals surface area (Å²) < 4.78 is 11.7. The molecule has 1 aromatic heterocycles. The molecule has 1 amide bonds. The van der Waals surface area contributed by atoms with Crippen molar-refractivity contribution in [3.05, 3.63) is 52.8 Å². The Bertz CT molecular complexity index is 762. The number of halogens is 1. The quantitative estimate of drug-likeness (QED) is 0.667. The van der Waals surface area contributed by atoms with E-state index >= 15 is 0 Å². The number of ether oxygens (including phenoxy) is 2. The predicted molar refractivity (Wildman–Crippen MR) is 91.9 cm³/mol. The fourth-order valence-electron chi connectivity index (χ4n) is 2.67. The number of fused-ring (bicyclic) bond motifs is 1. The van der Waals surface area contributed by atoms with Crippen LogP contribution < -0.4 is 14.8 Å². The maximum absolute atomic E-state index is 12.0. The van der Waals surface area contributed by atoms with Crippen molar-refractivity contribution in [2.75, 3.05) is 13.2 Å². The van der Waals surface area contributed by atoms with Crippen LogP contribution in [-0.2, 0) is 6.42 Å². The number of benzene rings is 1. The first kappa shape index (κ1) is 16.6. The molecule has 2 aromatic rings. The Labute approximate surface area is 145 Å². The van der Waals surface area contributed by atoms with Crippen molar-refractivity contribution >= 4 is 17.5 Å². The van der Waals surface area contributed by atoms with Gasteiger partial charge in [0.05, 0.1) is 6.54 Å². The molecular formula is C18H19ClN2O3. The summed E-state index contributed by atoms with van der Waals surface area (Å²) in [5.74, 6) is 1.30. The first-order chi connectivity index (χ1) is 11.4. The average molecular weight is 347 g/mol. The third-order valence-electron chi connectivity index (χ3n) is 3.69. The topological polar surface area (TPSA) is 60.5 Å². The number of para-hydroxylation sites is 1. The van der Waals surface area contributed by atoms with Gasteiger partial charge in [0, 0.05) is 23.7 Å². The van der Waals surface area contributed by atoms with Crippen molar-refractivity contribution < 1.29 is 14.3 Å². The Hall–Kier alpha value is -2.27. The van der Waals surface area contributed by atoms with Crippen molar-refractivity contribution in [1.82, 2.24) is 10.3 Å². The summed E-state index contributed by atoms with van der Waals surface area (Å²) in [6, 6.07) is 9.02. The standard InChI is InChI=1S/C18H19ClN2O3/c1-18(2)11-13-4-3-5-14(16(13)24-18)23-9-8-21-17(22)12-6-7-20-15(19)10-12/h3-7,10H,8-9,11H2,1-2H3,(H,21,22). The molecule has 0 radical (unpaired) electrons. The molecule has 6 heteroatoms. The van der Waals surface area contributed by atoms with Gasteiger partial charge in [-0.1, -0.05) is 23.7 Å². The number of carbonyl (C=O) groups excluding carboxylic acids is 1. The lowest BCUT2D eigenvalue weighted by molar-refractivity contribution is 0.0946. The van der Waals surface area contributed by atoms with Crippen molar-refractivity contribution in [3.63, 3.8) is 0 Å². The van der Waals surface area contributed by atoms with Crippen LogP contribution in [0.25, 0.3) is 0 Å². The number of nitrogens with zero attached hydrogens (tertiary/aromatic N) is 1. The van der Waals surface area contributed by atoms with Gasteiger partial charge in [-0.3, -0.25) is 4.79 Å². The van der Waals surface area contributed by atoms with Crippen molar-refractivity contribution in [3.8, 4) is 11.5 Å². The highest BCUT2D eigenvalue weighted by atomic mass is 35.5. The molecule has 0 saturated carbocycles. The number of hydrogen-bond donors (Lipinski definition) is 1. The monoisotopic (exact) mass is 346 g/mol. The SMILES string of the molecule is CC1(C)Cc2cccc(OCCNC(=O)c3ccnc(Cl)c3)c2O1. The van der Waals surface area contributed by atoms with Crippen LogP contribution in [0.4, 0.5) is 0 Å². The number of amides is 1. The maximum Gasteiger partial charge on any atom is 0.251 e. The minimum absolute atomic E-state index is 0.210. The molecule has 0 atom stereocenters. The minimum atomic E-state index is -0.212. The van der Waals surface area contributed by atoms with E-state index in [1.54, 1.807) is 6.07 Å². The number of aromatic nitrogens is 1. The van der Waals surface area contributed by atoms with Gasteiger partial charge in [-0.2, -0.15) is 0 Å². The highest BCUT2D eigenvalue weighted by molar-refractivity contribution is 6.29. The average Bonchev–Trinajstić information content (AvgIpc) is 2.86. The van der Waals surface area contributed by atoms with Crippen molar-refractivity contribution in [2.24, 2.45) is 0 Å². The lowest BCUT2D eigenvalue weighted by atomic mass is 10.0. The smallest absolute Gasteiger partial charge is 0.251 e. The molecule has 1 aliphatic rings. The van der Waals surface area contributed by atoms with Gasteiger partial charge in [0.1, 0.15) is 17.4 Å². The van der Waals surface area contributed by atoms with Gasteiger partial charge in [0.25, 0.3) is 5.91 Å². The second-order valence-electron chi connectivity index (χ2n) is 6.25. The molecule has 0 spiro atoms. The molecule has 0 bridgehead atoms. The van der Waals surface area contributed by atoms with Crippen LogP contribution in [0.5, 0.6) is 11.5 Å². The molecular weight excluding hydrogens is 328 g/mol. The number of pyridine rings is 1. The highest BCUT2D eigenvalue weighted by Crippen LogP contribution is 2.41. The summed E-state index contributed by atoms with van der Waals surface area (Å²) in [6.07, 6.45) is 2.36. The molecule has 5 nitrogen and oxygen atoms in total. The second-order valence-corrected chi connectivity index (χ2v) is 6.64. The lowest BCUT2D eigenvalue weighted by Crippen LogP contribution is -2.28. The lowest BCUT2D eigenvalue weighted by Gasteiger charge is -2.18. The van der Waals surface area contributed by atoms with E-state index in [4.69, 9.17) is 21.1 Å². The van der Waals surface area contributed by atoms with E-state index in [0.29, 0.717) is 29.6 Å². The molecule has 1 aromatic carbocycles. The molecule has 3 rings (SSSR count). The van der Waals surface area contributed by atoms with Crippen molar-refractivity contribution in [1.29, 1.82) is 0 Å². The van der Waals surface area contributed by atoms with Gasteiger partial charge in [0.2, 0.25) is 0 Å². The van der Waals surface area contributed by atoms with Crippen LogP contribution in [0.15, 0.2) is 36.5 Å². The normalized spacial score (nSPS) is 14.6. The molecule has 0 unspecified atom stereocenters. The van der Waals surface area contributed by atoms with Crippen LogP contribution in [0, 0.1) is 0 Å². The van der Waals surface area contributed by atoms with Gasteiger partial charge in [-0.15, -0.1) is 0 Å². The number of nitrogens with one attached hydrogen (secondary N) is 1. The fraction of sp³-hybridized carbons (Fsp3) is 0.333. The maximum atomic E-state index is 12.0. The van der Waals surface area contributed by atoms with Gasteiger partial charge in [-0.25, -0.2) is 4.98 Å². The van der Waals surface area contributed by atoms with E-state index in [2.05, 4.69) is 24.1 Å². The zero-order valence-corrected chi connectivity index (χ0v) is 14.4. The zero-order chi connectivity index (χ0) is 17.2. The first-order valence-electron chi connectivity index (χ1n) is 7.78. The van der Waals surface area contributed by atoms with Crippen LogP contribution in [0.3, 0.4) is 0 Å². The summed E-state index contributed by atoms with van der Waals surface area (Å²) in [6.45, 7) is 4.84. The van der Waals surface area contributed by atoms with Crippen molar-refractivity contribution in [2.45, 2.75) is 25.9 Å². The van der Waals surface area contributed by atoms with E-state index in [0.717, 1.165) is 17.7 Å². The number of carbonyl (C=O) groups is 1. The summed E-state index contributed by atoms with van der Waals surface area (Å²) in [5, 5.41) is 3.08. The van der Waals surface area contributed by atoms with Crippen LogP contribution >= 0.6 is 11.6 Å². The third-order valence-corrected chi connectivity index (χ3v) is 3.90. The van der Waals surface area contributed by atoms with E-state index in [9.17, 15) is 4.79 Å². The van der Waals surface area contributed by atoms with E-state index in [1.165, 1.54) is 12.3 Å². The zero-order valence-electron chi connectivity index (χ0n) is 13.6. The summed E-state index contributed by atoms with van der Waals surface area (Å²) in [7, 11) is 0. The molecule has 0 saturated heterocycles. The number of hydrogen-bond acceptors (Lipinski definition) is 4. The van der Waals surface area contributed by atoms with Crippen LogP contribution in [0.1, 0.15) is 29.8 Å². The summed E-state index contributed by atoms with van der Waals surface area (Å²) in [4.78, 5) is 15.9. The molecule has 1 aliphatic heterocycles. The summed E-state index contributed by atoms with van der Waals surface area (Å²) >= 11 is 5.78. The highest BCUT2D eigenvalue weighted by Gasteiger charge is 2.32. The molecule has 126 valence electrons. The molecule has 0 fully saturated rings. The van der Waals surface area contributed by atoms with Gasteiger partial charge < -0.3 is 14.8 Å². The Balaban J connectivity index is 1.53. The predicted octanol–water partition coefficient (Wildman–Crippen LogP) is 3.26. The number of rotatable bonds is 5. The first-order valence-corrected chi connectivity index (χ1v) is 8.16. The van der Waals surface area contributed by atoms with E-state index in [1.807, 2.05) is 18.2 Å². The molecule has 24 heavy (non-hydrogen) atoms. The Morgan fingerprint density at radius 2 is 2.25 bits per heavy atom. The van der Waals surface area contributed by atoms with Gasteiger partial charge in [0.15, 0.2) is 11.5 Å². The van der Waals surface area contributed by atoms with Crippen LogP contribution in [-0.4, -0.2) is 29.6 Å².